The molecule has 0 bridgehead atoms. The first kappa shape index (κ1) is 29.1. The Morgan fingerprint density at radius 1 is 1.00 bits per heavy atom. The first-order chi connectivity index (χ1) is 20.1. The molecule has 1 amide bonds. The lowest BCUT2D eigenvalue weighted by Crippen LogP contribution is -2.21. The Kier molecular flexibility index (Phi) is 8.44. The van der Waals surface area contributed by atoms with Gasteiger partial charge in [0.2, 0.25) is 0 Å². The fourth-order valence-electron chi connectivity index (χ4n) is 4.74. The summed E-state index contributed by atoms with van der Waals surface area (Å²) < 4.78 is 49.6. The molecule has 1 aliphatic rings. The van der Waals surface area contributed by atoms with E-state index in [-0.39, 0.29) is 17.7 Å². The zero-order valence-electron chi connectivity index (χ0n) is 22.4. The third-order valence-electron chi connectivity index (χ3n) is 6.84. The van der Waals surface area contributed by atoms with Crippen LogP contribution in [0, 0.1) is 0 Å². The number of carbonyl (C=O) groups is 2. The third-order valence-corrected chi connectivity index (χ3v) is 7.13. The Balaban J connectivity index is 1.22. The van der Waals surface area contributed by atoms with E-state index >= 15 is 0 Å². The van der Waals surface area contributed by atoms with E-state index in [0.717, 1.165) is 36.1 Å². The van der Waals surface area contributed by atoms with Gasteiger partial charge in [0.25, 0.3) is 5.91 Å². The molecule has 1 N–H and O–H groups in total. The van der Waals surface area contributed by atoms with Crippen LogP contribution < -0.4 is 10.1 Å². The molecule has 1 unspecified atom stereocenters. The number of halogens is 4. The molecule has 1 heterocycles. The van der Waals surface area contributed by atoms with Crippen molar-refractivity contribution in [3.05, 3.63) is 100 Å². The largest absolute Gasteiger partial charge is 0.466 e. The highest BCUT2D eigenvalue weighted by Gasteiger charge is 2.30. The standard InChI is InChI=1S/C31H25ClF3N3O4/c1-2-41-30(40)23-5-3-4-20-16-27(25(32)17-24(20)23)42-22-12-8-19(9-13-22)29(39)36-28-15-14-26(37-38-28)18-6-10-21(11-7-18)31(33,34)35/h6-17,23H,2-5H2,1H3,(H,36,38,39). The fourth-order valence-corrected chi connectivity index (χ4v) is 4.95. The summed E-state index contributed by atoms with van der Waals surface area (Å²) in [6, 6.07) is 17.7. The predicted molar refractivity (Wildman–Crippen MR) is 151 cm³/mol. The number of nitrogens with zero attached hydrogens (tertiary/aromatic N) is 2. The van der Waals surface area contributed by atoms with Crippen molar-refractivity contribution < 1.29 is 32.2 Å². The van der Waals surface area contributed by atoms with Crippen LogP contribution in [0.25, 0.3) is 11.3 Å². The number of ether oxygens (including phenoxy) is 2. The number of amides is 1. The molecule has 216 valence electrons. The van der Waals surface area contributed by atoms with Gasteiger partial charge < -0.3 is 14.8 Å². The first-order valence-corrected chi connectivity index (χ1v) is 13.6. The molecule has 7 nitrogen and oxygen atoms in total. The average Bonchev–Trinajstić information content (AvgIpc) is 2.98. The molecule has 1 aliphatic carbocycles. The van der Waals surface area contributed by atoms with Gasteiger partial charge in [0, 0.05) is 11.1 Å². The van der Waals surface area contributed by atoms with Gasteiger partial charge in [0.1, 0.15) is 11.5 Å². The monoisotopic (exact) mass is 595 g/mol. The summed E-state index contributed by atoms with van der Waals surface area (Å²) in [4.78, 5) is 25.1. The van der Waals surface area contributed by atoms with E-state index in [2.05, 4.69) is 15.5 Å². The van der Waals surface area contributed by atoms with Crippen molar-refractivity contribution in [2.45, 2.75) is 38.3 Å². The normalized spacial score (nSPS) is 14.5. The minimum atomic E-state index is -4.42. The van der Waals surface area contributed by atoms with Crippen molar-refractivity contribution in [2.24, 2.45) is 0 Å². The van der Waals surface area contributed by atoms with E-state index in [0.29, 0.717) is 46.4 Å². The van der Waals surface area contributed by atoms with Crippen LogP contribution in [0.2, 0.25) is 5.02 Å². The molecule has 0 saturated heterocycles. The molecular weight excluding hydrogens is 571 g/mol. The van der Waals surface area contributed by atoms with Crippen molar-refractivity contribution in [2.75, 3.05) is 11.9 Å². The van der Waals surface area contributed by atoms with Gasteiger partial charge in [-0.2, -0.15) is 13.2 Å². The summed E-state index contributed by atoms with van der Waals surface area (Å²) >= 11 is 6.51. The first-order valence-electron chi connectivity index (χ1n) is 13.2. The molecule has 42 heavy (non-hydrogen) atoms. The van der Waals surface area contributed by atoms with Crippen molar-refractivity contribution in [1.82, 2.24) is 10.2 Å². The maximum atomic E-state index is 12.8. The van der Waals surface area contributed by atoms with Gasteiger partial charge in [0.05, 0.1) is 28.8 Å². The smallest absolute Gasteiger partial charge is 0.416 e. The second-order valence-corrected chi connectivity index (χ2v) is 10.0. The molecule has 5 rings (SSSR count). The molecule has 1 atom stereocenters. The second kappa shape index (κ2) is 12.2. The van der Waals surface area contributed by atoms with Gasteiger partial charge in [-0.1, -0.05) is 23.7 Å². The highest BCUT2D eigenvalue weighted by molar-refractivity contribution is 6.32. The number of aromatic nitrogens is 2. The highest BCUT2D eigenvalue weighted by Crippen LogP contribution is 2.40. The van der Waals surface area contributed by atoms with Crippen LogP contribution in [0.5, 0.6) is 11.5 Å². The quantitative estimate of drug-likeness (QED) is 0.219. The summed E-state index contributed by atoms with van der Waals surface area (Å²) in [6.07, 6.45) is -2.07. The van der Waals surface area contributed by atoms with Crippen LogP contribution in [0.4, 0.5) is 19.0 Å². The van der Waals surface area contributed by atoms with Crippen molar-refractivity contribution in [1.29, 1.82) is 0 Å². The molecule has 0 spiro atoms. The number of fused-ring (bicyclic) bond motifs is 1. The lowest BCUT2D eigenvalue weighted by atomic mass is 9.82. The van der Waals surface area contributed by atoms with Crippen molar-refractivity contribution in [3.63, 3.8) is 0 Å². The Morgan fingerprint density at radius 3 is 2.38 bits per heavy atom. The number of nitrogens with one attached hydrogen (secondary N) is 1. The van der Waals surface area contributed by atoms with Crippen LogP contribution in [0.1, 0.15) is 52.7 Å². The second-order valence-electron chi connectivity index (χ2n) is 9.64. The van der Waals surface area contributed by atoms with Gasteiger partial charge in [-0.05, 0) is 98.0 Å². The SMILES string of the molecule is CCOC(=O)C1CCCc2cc(Oc3ccc(C(=O)Nc4ccc(-c5ccc(C(F)(F)F)cc5)nn4)cc3)c(Cl)cc21. The Morgan fingerprint density at radius 2 is 1.74 bits per heavy atom. The summed E-state index contributed by atoms with van der Waals surface area (Å²) in [7, 11) is 0. The topological polar surface area (TPSA) is 90.4 Å². The number of esters is 1. The van der Waals surface area contributed by atoms with Crippen molar-refractivity contribution in [3.8, 4) is 22.8 Å². The van der Waals surface area contributed by atoms with Gasteiger partial charge in [0.15, 0.2) is 5.82 Å². The Bertz CT molecular complexity index is 1590. The van der Waals surface area contributed by atoms with Gasteiger partial charge in [-0.3, -0.25) is 9.59 Å². The Labute approximate surface area is 244 Å². The maximum absolute atomic E-state index is 12.8. The van der Waals surface area contributed by atoms with E-state index < -0.39 is 17.6 Å². The molecule has 11 heteroatoms. The summed E-state index contributed by atoms with van der Waals surface area (Å²) in [5.41, 5.74) is 2.25. The molecule has 0 aliphatic heterocycles. The van der Waals surface area contributed by atoms with E-state index in [4.69, 9.17) is 21.1 Å². The lowest BCUT2D eigenvalue weighted by molar-refractivity contribution is -0.145. The van der Waals surface area contributed by atoms with E-state index in [1.807, 2.05) is 6.07 Å². The molecule has 0 fully saturated rings. The number of hydrogen-bond acceptors (Lipinski definition) is 6. The third kappa shape index (κ3) is 6.54. The predicted octanol–water partition coefficient (Wildman–Crippen LogP) is 7.84. The zero-order chi connectivity index (χ0) is 29.9. The average molecular weight is 596 g/mol. The molecular formula is C31H25ClF3N3O4. The van der Waals surface area contributed by atoms with Gasteiger partial charge in [-0.25, -0.2) is 0 Å². The van der Waals surface area contributed by atoms with Crippen molar-refractivity contribution >= 4 is 29.3 Å². The summed E-state index contributed by atoms with van der Waals surface area (Å²) in [6.45, 7) is 2.10. The summed E-state index contributed by atoms with van der Waals surface area (Å²) in [5, 5.41) is 11.0. The minimum absolute atomic E-state index is 0.179. The highest BCUT2D eigenvalue weighted by atomic mass is 35.5. The van der Waals surface area contributed by atoms with Crippen LogP contribution in [-0.2, 0) is 22.1 Å². The fraction of sp³-hybridized carbons (Fsp3) is 0.226. The van der Waals surface area contributed by atoms with E-state index in [9.17, 15) is 22.8 Å². The minimum Gasteiger partial charge on any atom is -0.466 e. The van der Waals surface area contributed by atoms with Crippen LogP contribution >= 0.6 is 11.6 Å². The number of benzene rings is 3. The molecule has 4 aromatic rings. The summed E-state index contributed by atoms with van der Waals surface area (Å²) in [5.74, 6) is 0.0576. The van der Waals surface area contributed by atoms with Gasteiger partial charge >= 0.3 is 12.1 Å². The number of anilines is 1. The van der Waals surface area contributed by atoms with Crippen LogP contribution in [0.3, 0.4) is 0 Å². The Hall–Kier alpha value is -4.44. The molecule has 1 aromatic heterocycles. The zero-order valence-corrected chi connectivity index (χ0v) is 23.1. The number of aryl methyl sites for hydroxylation is 1. The number of carbonyl (C=O) groups excluding carboxylic acids is 2. The lowest BCUT2D eigenvalue weighted by Gasteiger charge is -2.25. The maximum Gasteiger partial charge on any atom is 0.416 e. The van der Waals surface area contributed by atoms with E-state index in [1.54, 1.807) is 43.3 Å². The number of alkyl halides is 3. The molecule has 3 aromatic carbocycles. The van der Waals surface area contributed by atoms with Gasteiger partial charge in [-0.15, -0.1) is 10.2 Å². The molecule has 0 radical (unpaired) electrons. The number of hydrogen-bond donors (Lipinski definition) is 1. The number of rotatable bonds is 7. The molecule has 0 saturated carbocycles. The van der Waals surface area contributed by atoms with Crippen LogP contribution in [0.15, 0.2) is 72.8 Å². The van der Waals surface area contributed by atoms with E-state index in [1.165, 1.54) is 18.2 Å². The van der Waals surface area contributed by atoms with Crippen LogP contribution in [-0.4, -0.2) is 28.7 Å².